The van der Waals surface area contributed by atoms with E-state index in [1.54, 1.807) is 10.9 Å². The van der Waals surface area contributed by atoms with E-state index in [4.69, 9.17) is 9.15 Å². The predicted octanol–water partition coefficient (Wildman–Crippen LogP) is 5.05. The number of anilines is 1. The lowest BCUT2D eigenvalue weighted by molar-refractivity contribution is 0.0992. The van der Waals surface area contributed by atoms with Crippen LogP contribution in [0.1, 0.15) is 21.9 Å². The number of benzene rings is 2. The zero-order valence-electron chi connectivity index (χ0n) is 16.6. The lowest BCUT2D eigenvalue weighted by Crippen LogP contribution is -2.10. The van der Waals surface area contributed by atoms with Crippen molar-refractivity contribution in [1.82, 2.24) is 9.78 Å². The second-order valence-electron chi connectivity index (χ2n) is 6.82. The Kier molecular flexibility index (Phi) is 6.11. The number of amides is 1. The molecule has 0 saturated heterocycles. The number of aromatic nitrogens is 2. The summed E-state index contributed by atoms with van der Waals surface area (Å²) in [4.78, 5) is 12.4. The molecule has 1 amide bonds. The first-order chi connectivity index (χ1) is 15.8. The molecule has 0 unspecified atom stereocenters. The molecule has 0 spiro atoms. The molecule has 0 bridgehead atoms. The van der Waals surface area contributed by atoms with Crippen LogP contribution in [0.25, 0.3) is 0 Å². The Morgan fingerprint density at radius 2 is 1.61 bits per heavy atom. The zero-order valence-corrected chi connectivity index (χ0v) is 16.6. The third kappa shape index (κ3) is 4.71. The molecule has 0 atom stereocenters. The molecule has 4 rings (SSSR count). The van der Waals surface area contributed by atoms with E-state index >= 15 is 0 Å². The summed E-state index contributed by atoms with van der Waals surface area (Å²) < 4.78 is 78.5. The third-order valence-corrected chi connectivity index (χ3v) is 4.49. The van der Waals surface area contributed by atoms with E-state index in [9.17, 15) is 26.7 Å². The number of hydrogen-bond acceptors (Lipinski definition) is 4. The highest BCUT2D eigenvalue weighted by atomic mass is 19.2. The van der Waals surface area contributed by atoms with Crippen LogP contribution >= 0.6 is 0 Å². The van der Waals surface area contributed by atoms with Crippen LogP contribution in [-0.4, -0.2) is 15.7 Å². The van der Waals surface area contributed by atoms with Crippen LogP contribution in [0.3, 0.4) is 0 Å². The first-order valence-electron chi connectivity index (χ1n) is 9.44. The average Bonchev–Trinajstić information content (AvgIpc) is 3.47. The molecule has 2 aromatic carbocycles. The molecule has 0 aliphatic heterocycles. The van der Waals surface area contributed by atoms with Crippen molar-refractivity contribution in [2.45, 2.75) is 13.2 Å². The van der Waals surface area contributed by atoms with Gasteiger partial charge in [0.05, 0.1) is 18.4 Å². The molecule has 0 aliphatic carbocycles. The smallest absolute Gasteiger partial charge is 0.291 e. The summed E-state index contributed by atoms with van der Waals surface area (Å²) in [5.41, 5.74) is 1.41. The van der Waals surface area contributed by atoms with Gasteiger partial charge in [-0.2, -0.15) is 13.9 Å². The number of nitrogens with zero attached hydrogens (tertiary/aromatic N) is 2. The second-order valence-corrected chi connectivity index (χ2v) is 6.82. The number of ether oxygens (including phenoxy) is 1. The SMILES string of the molecule is O=C(Nc1cnn(Cc2ccccc2)c1)c1ccc(COc2c(F)c(F)c(F)c(F)c2F)o1. The molecule has 2 heterocycles. The standard InChI is InChI=1S/C22H14F5N3O3/c23-16-17(24)19(26)21(20(27)18(16)25)32-11-14-6-7-15(33-14)22(31)29-13-8-28-30(10-13)9-12-4-2-1-3-5-12/h1-8,10H,9,11H2,(H,29,31). The molecule has 0 saturated carbocycles. The lowest BCUT2D eigenvalue weighted by atomic mass is 10.2. The number of rotatable bonds is 7. The van der Waals surface area contributed by atoms with Gasteiger partial charge in [-0.05, 0) is 17.7 Å². The van der Waals surface area contributed by atoms with Crippen LogP contribution in [0.15, 0.2) is 59.3 Å². The van der Waals surface area contributed by atoms with E-state index in [1.807, 2.05) is 30.3 Å². The minimum Gasteiger partial charge on any atom is -0.479 e. The molecular formula is C22H14F5N3O3. The Labute approximate surface area is 183 Å². The van der Waals surface area contributed by atoms with E-state index in [0.717, 1.165) is 5.56 Å². The first kappa shape index (κ1) is 22.1. The highest BCUT2D eigenvalue weighted by Gasteiger charge is 2.27. The third-order valence-electron chi connectivity index (χ3n) is 4.49. The predicted molar refractivity (Wildman–Crippen MR) is 105 cm³/mol. The number of furan rings is 1. The molecule has 0 fully saturated rings. The molecule has 33 heavy (non-hydrogen) atoms. The minimum absolute atomic E-state index is 0.0798. The second kappa shape index (κ2) is 9.15. The van der Waals surface area contributed by atoms with Gasteiger partial charge in [-0.1, -0.05) is 30.3 Å². The lowest BCUT2D eigenvalue weighted by Gasteiger charge is -2.09. The van der Waals surface area contributed by atoms with Crippen molar-refractivity contribution < 1.29 is 35.9 Å². The van der Waals surface area contributed by atoms with Crippen LogP contribution < -0.4 is 10.1 Å². The maximum absolute atomic E-state index is 13.7. The summed E-state index contributed by atoms with van der Waals surface area (Å²) >= 11 is 0. The van der Waals surface area contributed by atoms with Crippen molar-refractivity contribution in [2.24, 2.45) is 0 Å². The van der Waals surface area contributed by atoms with Gasteiger partial charge in [0.25, 0.3) is 5.91 Å². The Hall–Kier alpha value is -4.15. The monoisotopic (exact) mass is 463 g/mol. The fraction of sp³-hybridized carbons (Fsp3) is 0.0909. The number of halogens is 5. The molecule has 170 valence electrons. The summed E-state index contributed by atoms with van der Waals surface area (Å²) in [5, 5.41) is 6.73. The number of nitrogens with one attached hydrogen (secondary N) is 1. The van der Waals surface area contributed by atoms with Gasteiger partial charge in [-0.25, -0.2) is 13.2 Å². The van der Waals surface area contributed by atoms with Crippen molar-refractivity contribution in [3.8, 4) is 5.75 Å². The Balaban J connectivity index is 1.39. The van der Waals surface area contributed by atoms with Crippen LogP contribution in [-0.2, 0) is 13.2 Å². The summed E-state index contributed by atoms with van der Waals surface area (Å²) in [6, 6.07) is 12.1. The summed E-state index contributed by atoms with van der Waals surface area (Å²) in [7, 11) is 0. The van der Waals surface area contributed by atoms with E-state index in [0.29, 0.717) is 12.2 Å². The van der Waals surface area contributed by atoms with Gasteiger partial charge in [-0.15, -0.1) is 0 Å². The zero-order chi connectivity index (χ0) is 23.5. The van der Waals surface area contributed by atoms with Gasteiger partial charge >= 0.3 is 0 Å². The quantitative estimate of drug-likeness (QED) is 0.237. The van der Waals surface area contributed by atoms with E-state index in [-0.39, 0.29) is 11.5 Å². The fourth-order valence-corrected chi connectivity index (χ4v) is 2.91. The topological polar surface area (TPSA) is 69.3 Å². The molecular weight excluding hydrogens is 449 g/mol. The Bertz CT molecular complexity index is 1280. The highest BCUT2D eigenvalue weighted by molar-refractivity contribution is 6.02. The van der Waals surface area contributed by atoms with Gasteiger partial charge in [0.2, 0.25) is 29.1 Å². The molecule has 0 radical (unpaired) electrons. The van der Waals surface area contributed by atoms with Crippen molar-refractivity contribution in [3.63, 3.8) is 0 Å². The molecule has 4 aromatic rings. The maximum atomic E-state index is 13.7. The van der Waals surface area contributed by atoms with Gasteiger partial charge in [0.15, 0.2) is 11.5 Å². The summed E-state index contributed by atoms with van der Waals surface area (Å²) in [5.74, 6) is -13.1. The number of carbonyl (C=O) groups is 1. The molecule has 2 aromatic heterocycles. The van der Waals surface area contributed by atoms with Crippen molar-refractivity contribution >= 4 is 11.6 Å². The fourth-order valence-electron chi connectivity index (χ4n) is 2.91. The molecule has 6 nitrogen and oxygen atoms in total. The van der Waals surface area contributed by atoms with Crippen LogP contribution in [0, 0.1) is 29.1 Å². The summed E-state index contributed by atoms with van der Waals surface area (Å²) in [6.07, 6.45) is 3.05. The normalized spacial score (nSPS) is 10.9. The molecule has 1 N–H and O–H groups in total. The van der Waals surface area contributed by atoms with E-state index < -0.39 is 47.3 Å². The van der Waals surface area contributed by atoms with Gasteiger partial charge in [0.1, 0.15) is 12.4 Å². The highest BCUT2D eigenvalue weighted by Crippen LogP contribution is 2.29. The van der Waals surface area contributed by atoms with Crippen LogP contribution in [0.2, 0.25) is 0 Å². The van der Waals surface area contributed by atoms with Gasteiger partial charge < -0.3 is 14.5 Å². The van der Waals surface area contributed by atoms with E-state index in [1.165, 1.54) is 18.3 Å². The number of carbonyl (C=O) groups excluding carboxylic acids is 1. The van der Waals surface area contributed by atoms with Gasteiger partial charge in [0, 0.05) is 6.20 Å². The maximum Gasteiger partial charge on any atom is 0.291 e. The average molecular weight is 463 g/mol. The minimum atomic E-state index is -2.29. The Morgan fingerprint density at radius 3 is 2.30 bits per heavy atom. The van der Waals surface area contributed by atoms with Crippen molar-refractivity contribution in [1.29, 1.82) is 0 Å². The first-order valence-corrected chi connectivity index (χ1v) is 9.44. The largest absolute Gasteiger partial charge is 0.479 e. The Morgan fingerprint density at radius 1 is 0.939 bits per heavy atom. The number of hydrogen-bond donors (Lipinski definition) is 1. The summed E-state index contributed by atoms with van der Waals surface area (Å²) in [6.45, 7) is -0.183. The molecule has 0 aliphatic rings. The molecule has 11 heteroatoms. The van der Waals surface area contributed by atoms with Gasteiger partial charge in [-0.3, -0.25) is 9.48 Å². The van der Waals surface area contributed by atoms with Crippen LogP contribution in [0.5, 0.6) is 5.75 Å². The van der Waals surface area contributed by atoms with E-state index in [2.05, 4.69) is 10.4 Å². The van der Waals surface area contributed by atoms with Crippen molar-refractivity contribution in [2.75, 3.05) is 5.32 Å². The van der Waals surface area contributed by atoms with Crippen LogP contribution in [0.4, 0.5) is 27.6 Å². The van der Waals surface area contributed by atoms with Crippen molar-refractivity contribution in [3.05, 3.63) is 101 Å².